The molecule has 0 fully saturated rings. The van der Waals surface area contributed by atoms with E-state index in [9.17, 15) is 18.0 Å². The number of nitrogens with one attached hydrogen (secondary N) is 1. The minimum absolute atomic E-state index is 0.118. The molecule has 3 heterocycles. The van der Waals surface area contributed by atoms with Gasteiger partial charge in [0.25, 0.3) is 0 Å². The summed E-state index contributed by atoms with van der Waals surface area (Å²) in [4.78, 5) is 18.2. The van der Waals surface area contributed by atoms with Crippen molar-refractivity contribution in [2.24, 2.45) is 0 Å². The number of halogens is 3. The molecular formula is C17H11F3N2O2. The van der Waals surface area contributed by atoms with Crippen LogP contribution in [0.3, 0.4) is 0 Å². The lowest BCUT2D eigenvalue weighted by molar-refractivity contribution is -0.137. The van der Waals surface area contributed by atoms with Crippen LogP contribution in [0.15, 0.2) is 41.3 Å². The molecule has 4 nitrogen and oxygen atoms in total. The summed E-state index contributed by atoms with van der Waals surface area (Å²) in [5, 5.41) is 0.838. The molecule has 0 bridgehead atoms. The maximum absolute atomic E-state index is 12.9. The second-order valence-corrected chi connectivity index (χ2v) is 5.54. The molecular weight excluding hydrogens is 321 g/mol. The van der Waals surface area contributed by atoms with Gasteiger partial charge in [-0.25, -0.2) is 0 Å². The highest BCUT2D eigenvalue weighted by molar-refractivity contribution is 5.90. The average molecular weight is 332 g/mol. The van der Waals surface area contributed by atoms with Crippen LogP contribution in [0.4, 0.5) is 13.2 Å². The van der Waals surface area contributed by atoms with E-state index < -0.39 is 11.7 Å². The van der Waals surface area contributed by atoms with Gasteiger partial charge in [-0.15, -0.1) is 0 Å². The number of alkyl halides is 3. The number of aromatic nitrogens is 2. The zero-order chi connectivity index (χ0) is 16.9. The number of ether oxygens (including phenoxy) is 1. The van der Waals surface area contributed by atoms with E-state index in [1.165, 1.54) is 6.07 Å². The number of hydrogen-bond acceptors (Lipinski definition) is 3. The lowest BCUT2D eigenvalue weighted by Crippen LogP contribution is -2.07. The number of rotatable bonds is 0. The summed E-state index contributed by atoms with van der Waals surface area (Å²) >= 11 is 0. The molecule has 0 saturated carbocycles. The molecule has 0 amide bonds. The highest BCUT2D eigenvalue weighted by atomic mass is 19.4. The van der Waals surface area contributed by atoms with E-state index in [4.69, 9.17) is 4.74 Å². The first-order valence-electron chi connectivity index (χ1n) is 7.29. The molecule has 4 rings (SSSR count). The quantitative estimate of drug-likeness (QED) is 0.685. The van der Waals surface area contributed by atoms with Crippen LogP contribution in [0.25, 0.3) is 22.2 Å². The predicted octanol–water partition coefficient (Wildman–Crippen LogP) is 3.54. The van der Waals surface area contributed by atoms with Crippen LogP contribution in [0, 0.1) is 0 Å². The average Bonchev–Trinajstić information content (AvgIpc) is 2.72. The number of H-pyrrole nitrogens is 1. The van der Waals surface area contributed by atoms with Crippen LogP contribution < -0.4 is 10.3 Å². The van der Waals surface area contributed by atoms with Gasteiger partial charge < -0.3 is 9.72 Å². The molecule has 0 spiro atoms. The number of fused-ring (bicyclic) bond motifs is 5. The van der Waals surface area contributed by atoms with Crippen molar-refractivity contribution in [1.29, 1.82) is 0 Å². The summed E-state index contributed by atoms with van der Waals surface area (Å²) in [7, 11) is 0. The Morgan fingerprint density at radius 2 is 2.00 bits per heavy atom. The normalized spacial score (nSPS) is 13.8. The predicted molar refractivity (Wildman–Crippen MR) is 82.0 cm³/mol. The maximum Gasteiger partial charge on any atom is 0.418 e. The van der Waals surface area contributed by atoms with Crippen LogP contribution in [0.2, 0.25) is 0 Å². The first-order chi connectivity index (χ1) is 11.4. The van der Waals surface area contributed by atoms with Gasteiger partial charge in [-0.2, -0.15) is 13.2 Å². The van der Waals surface area contributed by atoms with Crippen molar-refractivity contribution in [3.8, 4) is 17.0 Å². The third-order valence-electron chi connectivity index (χ3n) is 4.06. The molecule has 7 heteroatoms. The topological polar surface area (TPSA) is 55.0 Å². The van der Waals surface area contributed by atoms with E-state index in [0.717, 1.165) is 28.8 Å². The molecule has 2 aromatic heterocycles. The lowest BCUT2D eigenvalue weighted by atomic mass is 9.97. The Morgan fingerprint density at radius 1 is 1.17 bits per heavy atom. The van der Waals surface area contributed by atoms with Crippen molar-refractivity contribution in [3.63, 3.8) is 0 Å². The fourth-order valence-electron chi connectivity index (χ4n) is 2.96. The minimum atomic E-state index is -4.47. The fraction of sp³-hybridized carbons (Fsp3) is 0.176. The Labute approximate surface area is 133 Å². The smallest absolute Gasteiger partial charge is 0.418 e. The number of benzene rings is 1. The molecule has 0 saturated heterocycles. The first-order valence-corrected chi connectivity index (χ1v) is 7.29. The summed E-state index contributed by atoms with van der Waals surface area (Å²) in [5.41, 5.74) is 1.63. The van der Waals surface area contributed by atoms with Gasteiger partial charge in [-0.3, -0.25) is 9.78 Å². The summed E-state index contributed by atoms with van der Waals surface area (Å²) < 4.78 is 44.1. The number of hydrogen-bond donors (Lipinski definition) is 1. The highest BCUT2D eigenvalue weighted by Gasteiger charge is 2.32. The Hall–Kier alpha value is -2.83. The largest absolute Gasteiger partial charge is 0.491 e. The van der Waals surface area contributed by atoms with Crippen molar-refractivity contribution in [3.05, 3.63) is 58.0 Å². The van der Waals surface area contributed by atoms with Crippen LogP contribution in [-0.2, 0) is 12.6 Å². The summed E-state index contributed by atoms with van der Waals surface area (Å²) in [5.74, 6) is 0.118. The molecule has 122 valence electrons. The van der Waals surface area contributed by atoms with E-state index >= 15 is 0 Å². The van der Waals surface area contributed by atoms with Crippen molar-refractivity contribution in [1.82, 2.24) is 9.97 Å². The molecule has 24 heavy (non-hydrogen) atoms. The van der Waals surface area contributed by atoms with Crippen LogP contribution in [0.5, 0.6) is 5.75 Å². The number of pyridine rings is 2. The standard InChI is InChI=1S/C17H11F3N2O2/c18-17(19,20)9-7-14-16(21-8-9)12-1-3-13-11(2-4-15(23)22-13)10(12)5-6-24-14/h1-4,7-8H,5-6H2,(H,22,23). The van der Waals surface area contributed by atoms with Gasteiger partial charge in [0.15, 0.2) is 0 Å². The lowest BCUT2D eigenvalue weighted by Gasteiger charge is -2.12. The summed E-state index contributed by atoms with van der Waals surface area (Å²) in [6.07, 6.45) is -3.14. The first kappa shape index (κ1) is 14.7. The molecule has 1 N–H and O–H groups in total. The molecule has 1 aromatic carbocycles. The maximum atomic E-state index is 12.9. The zero-order valence-electron chi connectivity index (χ0n) is 12.3. The molecule has 1 aliphatic rings. The van der Waals surface area contributed by atoms with Crippen LogP contribution >= 0.6 is 0 Å². The summed E-state index contributed by atoms with van der Waals surface area (Å²) in [6, 6.07) is 7.59. The van der Waals surface area contributed by atoms with Crippen molar-refractivity contribution < 1.29 is 17.9 Å². The van der Waals surface area contributed by atoms with E-state index in [0.29, 0.717) is 17.6 Å². The van der Waals surface area contributed by atoms with Crippen LogP contribution in [0.1, 0.15) is 11.1 Å². The Morgan fingerprint density at radius 3 is 2.79 bits per heavy atom. The molecule has 3 aromatic rings. The second kappa shape index (κ2) is 5.09. The van der Waals surface area contributed by atoms with Crippen LogP contribution in [-0.4, -0.2) is 16.6 Å². The monoisotopic (exact) mass is 332 g/mol. The van der Waals surface area contributed by atoms with E-state index in [1.54, 1.807) is 18.2 Å². The Kier molecular flexibility index (Phi) is 3.13. The molecule has 0 aliphatic carbocycles. The van der Waals surface area contributed by atoms with Crippen molar-refractivity contribution in [2.45, 2.75) is 12.6 Å². The van der Waals surface area contributed by atoms with E-state index in [1.807, 2.05) is 0 Å². The Balaban J connectivity index is 1.96. The number of nitrogens with zero attached hydrogens (tertiary/aromatic N) is 1. The third kappa shape index (κ3) is 2.33. The van der Waals surface area contributed by atoms with Gasteiger partial charge in [-0.1, -0.05) is 6.07 Å². The van der Waals surface area contributed by atoms with Crippen molar-refractivity contribution in [2.75, 3.05) is 6.61 Å². The molecule has 0 atom stereocenters. The van der Waals surface area contributed by atoms with E-state index in [2.05, 4.69) is 9.97 Å². The van der Waals surface area contributed by atoms with Gasteiger partial charge in [0, 0.05) is 35.2 Å². The minimum Gasteiger partial charge on any atom is -0.491 e. The fourth-order valence-corrected chi connectivity index (χ4v) is 2.96. The molecule has 1 aliphatic heterocycles. The van der Waals surface area contributed by atoms with Gasteiger partial charge >= 0.3 is 6.18 Å². The van der Waals surface area contributed by atoms with Gasteiger partial charge in [-0.05, 0) is 23.8 Å². The van der Waals surface area contributed by atoms with Gasteiger partial charge in [0.2, 0.25) is 5.56 Å². The van der Waals surface area contributed by atoms with E-state index in [-0.39, 0.29) is 17.9 Å². The van der Waals surface area contributed by atoms with Gasteiger partial charge in [0.05, 0.1) is 12.2 Å². The molecule has 0 unspecified atom stereocenters. The zero-order valence-corrected chi connectivity index (χ0v) is 12.3. The van der Waals surface area contributed by atoms with Crippen molar-refractivity contribution >= 4 is 10.9 Å². The highest BCUT2D eigenvalue weighted by Crippen LogP contribution is 2.39. The second-order valence-electron chi connectivity index (χ2n) is 5.54. The number of aromatic amines is 1. The van der Waals surface area contributed by atoms with Gasteiger partial charge in [0.1, 0.15) is 11.4 Å². The third-order valence-corrected chi connectivity index (χ3v) is 4.06. The SMILES string of the molecule is O=c1ccc2c3c(ccc2[nH]1)-c1ncc(C(F)(F)F)cc1OCC3. The summed E-state index contributed by atoms with van der Waals surface area (Å²) in [6.45, 7) is 0.237. The Bertz CT molecular complexity index is 1010. The molecule has 0 radical (unpaired) electrons.